The van der Waals surface area contributed by atoms with Gasteiger partial charge < -0.3 is 0 Å². The van der Waals surface area contributed by atoms with Crippen molar-refractivity contribution < 1.29 is 0 Å². The minimum absolute atomic E-state index is 1.09. The molecule has 0 N–H and O–H groups in total. The lowest BCUT2D eigenvalue weighted by atomic mass is 10.0. The molecule has 18 heavy (non-hydrogen) atoms. The van der Waals surface area contributed by atoms with E-state index in [-0.39, 0.29) is 0 Å². The van der Waals surface area contributed by atoms with Gasteiger partial charge >= 0.3 is 0 Å². The molecular formula is C18H20. The number of allylic oxidation sites excluding steroid dienone is 1. The maximum absolute atomic E-state index is 2.23. The van der Waals surface area contributed by atoms with Crippen molar-refractivity contribution in [3.8, 4) is 0 Å². The van der Waals surface area contributed by atoms with E-state index in [1.54, 1.807) is 0 Å². The molecule has 2 aromatic rings. The van der Waals surface area contributed by atoms with Gasteiger partial charge in [-0.15, -0.1) is 0 Å². The highest BCUT2D eigenvalue weighted by Crippen LogP contribution is 2.10. The fourth-order valence-corrected chi connectivity index (χ4v) is 1.98. The zero-order valence-corrected chi connectivity index (χ0v) is 11.0. The van der Waals surface area contributed by atoms with Gasteiger partial charge in [-0.25, -0.2) is 0 Å². The van der Waals surface area contributed by atoms with Crippen LogP contribution in [0.5, 0.6) is 0 Å². The van der Waals surface area contributed by atoms with Crippen LogP contribution in [-0.4, -0.2) is 0 Å². The Morgan fingerprint density at radius 3 is 2.00 bits per heavy atom. The van der Waals surface area contributed by atoms with Crippen molar-refractivity contribution in [1.29, 1.82) is 0 Å². The lowest BCUT2D eigenvalue weighted by Crippen LogP contribution is -1.90. The standard InChI is InChI=1S/C18H20/c1-2-3-7-17-11-14-18(15-12-17)13-10-16-8-5-4-6-9-16/h3-9,11-12,14-15H,2,10,13H2,1H3. The molecule has 0 atom stereocenters. The predicted octanol–water partition coefficient (Wildman–Crippen LogP) is 4.90. The van der Waals surface area contributed by atoms with E-state index in [9.17, 15) is 0 Å². The SMILES string of the molecule is CCC=Cc1ccc(CCc2ccccc2)cc1. The van der Waals surface area contributed by atoms with Crippen molar-refractivity contribution in [1.82, 2.24) is 0 Å². The van der Waals surface area contributed by atoms with Crippen molar-refractivity contribution in [2.45, 2.75) is 26.2 Å². The van der Waals surface area contributed by atoms with E-state index in [0.717, 1.165) is 19.3 Å². The Hall–Kier alpha value is -1.82. The maximum atomic E-state index is 2.23. The van der Waals surface area contributed by atoms with E-state index >= 15 is 0 Å². The molecule has 92 valence electrons. The quantitative estimate of drug-likeness (QED) is 0.693. The molecule has 0 aliphatic heterocycles. The summed E-state index contributed by atoms with van der Waals surface area (Å²) >= 11 is 0. The van der Waals surface area contributed by atoms with Gasteiger partial charge in [0.2, 0.25) is 0 Å². The van der Waals surface area contributed by atoms with Crippen molar-refractivity contribution in [2.75, 3.05) is 0 Å². The zero-order chi connectivity index (χ0) is 12.6. The summed E-state index contributed by atoms with van der Waals surface area (Å²) in [6.07, 6.45) is 7.70. The van der Waals surface area contributed by atoms with Crippen LogP contribution in [-0.2, 0) is 12.8 Å². The highest BCUT2D eigenvalue weighted by atomic mass is 14.0. The van der Waals surface area contributed by atoms with Crippen LogP contribution in [0.3, 0.4) is 0 Å². The average molecular weight is 236 g/mol. The first-order valence-electron chi connectivity index (χ1n) is 6.68. The fraction of sp³-hybridized carbons (Fsp3) is 0.222. The highest BCUT2D eigenvalue weighted by Gasteiger charge is 1.95. The summed E-state index contributed by atoms with van der Waals surface area (Å²) in [5.41, 5.74) is 4.11. The third-order valence-electron chi connectivity index (χ3n) is 3.07. The first-order valence-corrected chi connectivity index (χ1v) is 6.68. The topological polar surface area (TPSA) is 0 Å². The molecule has 0 heterocycles. The molecular weight excluding hydrogens is 216 g/mol. The second-order valence-corrected chi connectivity index (χ2v) is 4.54. The van der Waals surface area contributed by atoms with Crippen molar-refractivity contribution in [2.24, 2.45) is 0 Å². The highest BCUT2D eigenvalue weighted by molar-refractivity contribution is 5.49. The van der Waals surface area contributed by atoms with Gasteiger partial charge in [-0.2, -0.15) is 0 Å². The van der Waals surface area contributed by atoms with Crippen LogP contribution >= 0.6 is 0 Å². The second-order valence-electron chi connectivity index (χ2n) is 4.54. The molecule has 0 unspecified atom stereocenters. The summed E-state index contributed by atoms with van der Waals surface area (Å²) in [5.74, 6) is 0. The van der Waals surface area contributed by atoms with Gasteiger partial charge in [0, 0.05) is 0 Å². The number of aryl methyl sites for hydroxylation is 2. The van der Waals surface area contributed by atoms with Crippen LogP contribution in [0.2, 0.25) is 0 Å². The number of hydrogen-bond acceptors (Lipinski definition) is 0. The van der Waals surface area contributed by atoms with E-state index in [1.807, 2.05) is 0 Å². The van der Waals surface area contributed by atoms with E-state index in [4.69, 9.17) is 0 Å². The average Bonchev–Trinajstić information content (AvgIpc) is 2.45. The molecule has 0 heteroatoms. The molecule has 0 aliphatic carbocycles. The van der Waals surface area contributed by atoms with Gasteiger partial charge in [-0.1, -0.05) is 73.7 Å². The normalized spacial score (nSPS) is 10.9. The molecule has 0 spiro atoms. The molecule has 0 aromatic heterocycles. The number of benzene rings is 2. The minimum Gasteiger partial charge on any atom is -0.0842 e. The summed E-state index contributed by atoms with van der Waals surface area (Å²) in [7, 11) is 0. The van der Waals surface area contributed by atoms with E-state index < -0.39 is 0 Å². The third-order valence-corrected chi connectivity index (χ3v) is 3.07. The second kappa shape index (κ2) is 6.80. The summed E-state index contributed by atoms with van der Waals surface area (Å²) in [4.78, 5) is 0. The Labute approximate surface area is 110 Å². The third kappa shape index (κ3) is 3.89. The Kier molecular flexibility index (Phi) is 4.78. The van der Waals surface area contributed by atoms with Crippen molar-refractivity contribution in [3.63, 3.8) is 0 Å². The largest absolute Gasteiger partial charge is 0.0842 e. The van der Waals surface area contributed by atoms with Crippen LogP contribution in [0, 0.1) is 0 Å². The van der Waals surface area contributed by atoms with Gasteiger partial charge in [-0.05, 0) is 36.0 Å². The van der Waals surface area contributed by atoms with Crippen LogP contribution in [0.25, 0.3) is 6.08 Å². The molecule has 0 nitrogen and oxygen atoms in total. The zero-order valence-electron chi connectivity index (χ0n) is 11.0. The van der Waals surface area contributed by atoms with Crippen molar-refractivity contribution in [3.05, 3.63) is 77.4 Å². The molecule has 2 aromatic carbocycles. The Balaban J connectivity index is 1.92. The van der Waals surface area contributed by atoms with Crippen LogP contribution in [0.1, 0.15) is 30.0 Å². The van der Waals surface area contributed by atoms with Crippen LogP contribution in [0.15, 0.2) is 60.7 Å². The lowest BCUT2D eigenvalue weighted by Gasteiger charge is -2.02. The molecule has 0 aliphatic rings. The molecule has 2 rings (SSSR count). The monoisotopic (exact) mass is 236 g/mol. The smallest absolute Gasteiger partial charge is 0.0238 e. The summed E-state index contributed by atoms with van der Waals surface area (Å²) in [6, 6.07) is 19.5. The predicted molar refractivity (Wildman–Crippen MR) is 79.6 cm³/mol. The maximum Gasteiger partial charge on any atom is -0.0238 e. The first-order chi connectivity index (χ1) is 8.88. The van der Waals surface area contributed by atoms with E-state index in [2.05, 4.69) is 73.7 Å². The molecule has 0 saturated carbocycles. The fourth-order valence-electron chi connectivity index (χ4n) is 1.98. The Morgan fingerprint density at radius 1 is 0.778 bits per heavy atom. The van der Waals surface area contributed by atoms with E-state index in [0.29, 0.717) is 0 Å². The Morgan fingerprint density at radius 2 is 1.39 bits per heavy atom. The van der Waals surface area contributed by atoms with Gasteiger partial charge in [-0.3, -0.25) is 0 Å². The Bertz CT molecular complexity index is 477. The first kappa shape index (κ1) is 12.6. The van der Waals surface area contributed by atoms with Crippen LogP contribution in [0.4, 0.5) is 0 Å². The van der Waals surface area contributed by atoms with Crippen LogP contribution < -0.4 is 0 Å². The summed E-state index contributed by atoms with van der Waals surface area (Å²) < 4.78 is 0. The lowest BCUT2D eigenvalue weighted by molar-refractivity contribution is 0.960. The molecule has 0 fully saturated rings. The van der Waals surface area contributed by atoms with Gasteiger partial charge in [0.15, 0.2) is 0 Å². The summed E-state index contributed by atoms with van der Waals surface area (Å²) in [5, 5.41) is 0. The molecule has 0 bridgehead atoms. The van der Waals surface area contributed by atoms with Gasteiger partial charge in [0.05, 0.1) is 0 Å². The number of hydrogen-bond donors (Lipinski definition) is 0. The molecule has 0 saturated heterocycles. The molecule has 0 radical (unpaired) electrons. The van der Waals surface area contributed by atoms with Crippen molar-refractivity contribution >= 4 is 6.08 Å². The van der Waals surface area contributed by atoms with E-state index in [1.165, 1.54) is 16.7 Å². The number of rotatable bonds is 5. The summed E-state index contributed by atoms with van der Waals surface area (Å²) in [6.45, 7) is 2.16. The van der Waals surface area contributed by atoms with Gasteiger partial charge in [0.25, 0.3) is 0 Å². The van der Waals surface area contributed by atoms with Gasteiger partial charge in [0.1, 0.15) is 0 Å². The minimum atomic E-state index is 1.09. The molecule has 0 amide bonds.